The standard InChI is InChI=1S/C74H144O17P2/c1-6-9-12-15-18-21-23-25-26-27-28-29-30-31-32-33-35-39-45-50-55-60-74(79)91-70(64-85-72(77)58-53-48-43-40-36-37-41-46-51-56-67(4)5)66-89-93(82,83)87-62-68(75)61-86-92(80,81)88-65-69(63-84-71(76)57-52-47-42-20-17-14-11-8-3)90-73(78)59-54-49-44-38-34-24-22-19-16-13-10-7-2/h67-70,75H,6-66H2,1-5H3,(H,80,81)(H,82,83)/t68-,69+,70+/m0/s1. The number of hydrogen-bond donors (Lipinski definition) is 3. The first kappa shape index (κ1) is 91.1. The summed E-state index contributed by atoms with van der Waals surface area (Å²) in [6.45, 7) is 7.23. The van der Waals surface area contributed by atoms with Crippen molar-refractivity contribution in [3.63, 3.8) is 0 Å². The number of carbonyl (C=O) groups is 4. The maximum absolute atomic E-state index is 13.1. The van der Waals surface area contributed by atoms with Crippen LogP contribution in [0.25, 0.3) is 0 Å². The van der Waals surface area contributed by atoms with Gasteiger partial charge in [-0.3, -0.25) is 37.3 Å². The summed E-state index contributed by atoms with van der Waals surface area (Å²) in [5.41, 5.74) is 0. The van der Waals surface area contributed by atoms with Gasteiger partial charge in [-0.2, -0.15) is 0 Å². The second-order valence-corrected chi connectivity index (χ2v) is 30.1. The third-order valence-electron chi connectivity index (χ3n) is 17.3. The SMILES string of the molecule is CCCCCCCCCCCCCCCCCCCCCCCC(=O)O[C@H](COC(=O)CCCCCCCCCCCC(C)C)COP(=O)(O)OC[C@@H](O)COP(=O)(O)OC[C@@H](COC(=O)CCCCCCCCCC)OC(=O)CCCCCCCCCCCCCC. The summed E-state index contributed by atoms with van der Waals surface area (Å²) in [6, 6.07) is 0. The number of aliphatic hydroxyl groups is 1. The molecule has 0 spiro atoms. The molecule has 0 aromatic rings. The molecule has 0 heterocycles. The number of unbranched alkanes of at least 4 members (excludes halogenated alkanes) is 46. The van der Waals surface area contributed by atoms with Gasteiger partial charge in [-0.1, -0.05) is 336 Å². The van der Waals surface area contributed by atoms with Crippen molar-refractivity contribution in [2.75, 3.05) is 39.6 Å². The van der Waals surface area contributed by atoms with Crippen molar-refractivity contribution in [1.82, 2.24) is 0 Å². The van der Waals surface area contributed by atoms with Crippen LogP contribution < -0.4 is 0 Å². The fourth-order valence-corrected chi connectivity index (χ4v) is 12.9. The summed E-state index contributed by atoms with van der Waals surface area (Å²) >= 11 is 0. The highest BCUT2D eigenvalue weighted by atomic mass is 31.2. The highest BCUT2D eigenvalue weighted by Crippen LogP contribution is 2.45. The van der Waals surface area contributed by atoms with Crippen molar-refractivity contribution < 1.29 is 80.2 Å². The number of hydrogen-bond acceptors (Lipinski definition) is 15. The van der Waals surface area contributed by atoms with Crippen LogP contribution in [0.1, 0.15) is 388 Å². The Kier molecular flexibility index (Phi) is 65.9. The van der Waals surface area contributed by atoms with Crippen LogP contribution in [0.5, 0.6) is 0 Å². The largest absolute Gasteiger partial charge is 0.472 e. The van der Waals surface area contributed by atoms with Gasteiger partial charge in [0, 0.05) is 25.7 Å². The summed E-state index contributed by atoms with van der Waals surface area (Å²) in [4.78, 5) is 72.6. The molecule has 0 aliphatic carbocycles. The van der Waals surface area contributed by atoms with Crippen LogP contribution in [0, 0.1) is 5.92 Å². The van der Waals surface area contributed by atoms with Crippen molar-refractivity contribution >= 4 is 39.5 Å². The average molecular weight is 1370 g/mol. The third-order valence-corrected chi connectivity index (χ3v) is 19.2. The minimum atomic E-state index is -4.95. The smallest absolute Gasteiger partial charge is 0.462 e. The summed E-state index contributed by atoms with van der Waals surface area (Å²) in [5, 5.41) is 10.6. The molecule has 0 aliphatic heterocycles. The summed E-state index contributed by atoms with van der Waals surface area (Å²) in [6.07, 6.45) is 55.6. The molecule has 0 saturated carbocycles. The van der Waals surface area contributed by atoms with E-state index in [0.717, 1.165) is 102 Å². The van der Waals surface area contributed by atoms with E-state index in [1.54, 1.807) is 0 Å². The zero-order chi connectivity index (χ0) is 68.4. The number of rotatable bonds is 74. The Hall–Kier alpha value is -1.94. The van der Waals surface area contributed by atoms with E-state index in [2.05, 4.69) is 34.6 Å². The minimum Gasteiger partial charge on any atom is -0.462 e. The van der Waals surface area contributed by atoms with Gasteiger partial charge in [0.2, 0.25) is 0 Å². The molecule has 0 rings (SSSR count). The van der Waals surface area contributed by atoms with E-state index < -0.39 is 97.5 Å². The number of phosphoric acid groups is 2. The van der Waals surface area contributed by atoms with Gasteiger partial charge in [0.25, 0.3) is 0 Å². The van der Waals surface area contributed by atoms with E-state index in [1.807, 2.05) is 0 Å². The molecule has 93 heavy (non-hydrogen) atoms. The second-order valence-electron chi connectivity index (χ2n) is 27.2. The van der Waals surface area contributed by atoms with E-state index >= 15 is 0 Å². The van der Waals surface area contributed by atoms with Gasteiger partial charge in [0.15, 0.2) is 12.2 Å². The maximum atomic E-state index is 13.1. The second kappa shape index (κ2) is 67.3. The predicted octanol–water partition coefficient (Wildman–Crippen LogP) is 21.7. The molecule has 0 aromatic carbocycles. The van der Waals surface area contributed by atoms with Crippen LogP contribution in [0.15, 0.2) is 0 Å². The molecule has 3 N–H and O–H groups in total. The van der Waals surface area contributed by atoms with Crippen LogP contribution in [-0.2, 0) is 65.4 Å². The van der Waals surface area contributed by atoms with Gasteiger partial charge in [-0.15, -0.1) is 0 Å². The Balaban J connectivity index is 5.16. The Bertz CT molecular complexity index is 1790. The lowest BCUT2D eigenvalue weighted by atomic mass is 10.0. The average Bonchev–Trinajstić information content (AvgIpc) is 3.64. The molecule has 0 saturated heterocycles. The van der Waals surface area contributed by atoms with Crippen molar-refractivity contribution in [2.45, 2.75) is 406 Å². The van der Waals surface area contributed by atoms with Crippen molar-refractivity contribution in [2.24, 2.45) is 5.92 Å². The van der Waals surface area contributed by atoms with Crippen LogP contribution in [-0.4, -0.2) is 96.7 Å². The zero-order valence-corrected chi connectivity index (χ0v) is 62.2. The Morgan fingerprint density at radius 3 is 0.731 bits per heavy atom. The maximum Gasteiger partial charge on any atom is 0.472 e. The van der Waals surface area contributed by atoms with E-state index in [1.165, 1.54) is 205 Å². The Morgan fingerprint density at radius 1 is 0.290 bits per heavy atom. The molecule has 17 nitrogen and oxygen atoms in total. The van der Waals surface area contributed by atoms with Gasteiger partial charge in [-0.25, -0.2) is 9.13 Å². The summed E-state index contributed by atoms with van der Waals surface area (Å²) in [7, 11) is -9.90. The van der Waals surface area contributed by atoms with Crippen LogP contribution in [0.3, 0.4) is 0 Å². The van der Waals surface area contributed by atoms with Crippen LogP contribution >= 0.6 is 15.6 Å². The topological polar surface area (TPSA) is 237 Å². The molecule has 552 valence electrons. The molecule has 0 aliphatic rings. The lowest BCUT2D eigenvalue weighted by Gasteiger charge is -2.21. The number of esters is 4. The highest BCUT2D eigenvalue weighted by Gasteiger charge is 2.30. The fourth-order valence-electron chi connectivity index (χ4n) is 11.4. The highest BCUT2D eigenvalue weighted by molar-refractivity contribution is 7.47. The quantitative estimate of drug-likeness (QED) is 0.0222. The molecule has 0 fully saturated rings. The number of phosphoric ester groups is 2. The fraction of sp³-hybridized carbons (Fsp3) is 0.946. The predicted molar refractivity (Wildman–Crippen MR) is 377 cm³/mol. The number of carbonyl (C=O) groups excluding carboxylic acids is 4. The first-order chi connectivity index (χ1) is 45.0. The molecule has 19 heteroatoms. The van der Waals surface area contributed by atoms with Crippen LogP contribution in [0.4, 0.5) is 0 Å². The molecular weight excluding hydrogens is 1220 g/mol. The van der Waals surface area contributed by atoms with E-state index in [4.69, 9.17) is 37.0 Å². The Morgan fingerprint density at radius 2 is 0.495 bits per heavy atom. The van der Waals surface area contributed by atoms with Crippen LogP contribution in [0.2, 0.25) is 0 Å². The molecular formula is C74H144O17P2. The minimum absolute atomic E-state index is 0.107. The van der Waals surface area contributed by atoms with E-state index in [-0.39, 0.29) is 25.7 Å². The molecule has 0 aromatic heterocycles. The lowest BCUT2D eigenvalue weighted by molar-refractivity contribution is -0.161. The molecule has 2 unspecified atom stereocenters. The van der Waals surface area contributed by atoms with Crippen molar-refractivity contribution in [3.05, 3.63) is 0 Å². The Labute approximate surface area is 568 Å². The monoisotopic (exact) mass is 1370 g/mol. The molecule has 0 amide bonds. The van der Waals surface area contributed by atoms with Gasteiger partial charge < -0.3 is 33.8 Å². The van der Waals surface area contributed by atoms with Crippen molar-refractivity contribution in [3.8, 4) is 0 Å². The first-order valence-electron chi connectivity index (χ1n) is 38.6. The van der Waals surface area contributed by atoms with Gasteiger partial charge in [0.05, 0.1) is 26.4 Å². The van der Waals surface area contributed by atoms with E-state index in [0.29, 0.717) is 25.7 Å². The summed E-state index contributed by atoms with van der Waals surface area (Å²) < 4.78 is 68.3. The van der Waals surface area contributed by atoms with E-state index in [9.17, 15) is 43.2 Å². The van der Waals surface area contributed by atoms with Gasteiger partial charge in [0.1, 0.15) is 19.3 Å². The first-order valence-corrected chi connectivity index (χ1v) is 41.6. The number of ether oxygens (including phenoxy) is 4. The normalized spacial score (nSPS) is 14.0. The third kappa shape index (κ3) is 68.4. The molecule has 5 atom stereocenters. The zero-order valence-electron chi connectivity index (χ0n) is 60.4. The van der Waals surface area contributed by atoms with Gasteiger partial charge >= 0.3 is 39.5 Å². The molecule has 0 radical (unpaired) electrons. The van der Waals surface area contributed by atoms with Gasteiger partial charge in [-0.05, 0) is 31.6 Å². The molecule has 0 bridgehead atoms. The van der Waals surface area contributed by atoms with Crippen molar-refractivity contribution in [1.29, 1.82) is 0 Å². The number of aliphatic hydroxyl groups excluding tert-OH is 1. The summed E-state index contributed by atoms with van der Waals surface area (Å²) in [5.74, 6) is -1.38. The lowest BCUT2D eigenvalue weighted by Crippen LogP contribution is -2.30.